The first-order chi connectivity index (χ1) is 12.5. The molecule has 2 aromatic heterocycles. The third-order valence-electron chi connectivity index (χ3n) is 4.83. The molecule has 2 heterocycles. The van der Waals surface area contributed by atoms with Gasteiger partial charge < -0.3 is 9.32 Å². The Kier molecular flexibility index (Phi) is 4.36. The van der Waals surface area contributed by atoms with Gasteiger partial charge in [-0.15, -0.1) is 0 Å². The first-order valence-electron chi connectivity index (χ1n) is 8.52. The molecule has 0 unspecified atom stereocenters. The smallest absolute Gasteiger partial charge is 0.275 e. The van der Waals surface area contributed by atoms with Gasteiger partial charge in [-0.2, -0.15) is 0 Å². The lowest BCUT2D eigenvalue weighted by molar-refractivity contribution is 0.0724. The van der Waals surface area contributed by atoms with Crippen molar-refractivity contribution in [2.75, 3.05) is 7.05 Å². The number of aromatic nitrogens is 2. The van der Waals surface area contributed by atoms with Crippen LogP contribution >= 0.6 is 11.6 Å². The summed E-state index contributed by atoms with van der Waals surface area (Å²) in [5.41, 5.74) is 1.32. The molecule has 1 amide bonds. The molecule has 1 aliphatic carbocycles. The highest BCUT2D eigenvalue weighted by molar-refractivity contribution is 6.31. The normalized spacial score (nSPS) is 14.9. The minimum Gasteiger partial charge on any atom is -0.436 e. The summed E-state index contributed by atoms with van der Waals surface area (Å²) >= 11 is 5.94. The van der Waals surface area contributed by atoms with Gasteiger partial charge in [-0.25, -0.2) is 14.4 Å². The molecule has 1 aliphatic rings. The van der Waals surface area contributed by atoms with Gasteiger partial charge in [0, 0.05) is 30.4 Å². The SMILES string of the molecule is CN(C(=O)c1ncc(-c2nc3ccc(Cl)cc3o2)cc1F)C1CCCC1. The summed E-state index contributed by atoms with van der Waals surface area (Å²) in [5.74, 6) is -0.847. The van der Waals surface area contributed by atoms with Crippen molar-refractivity contribution in [3.05, 3.63) is 47.0 Å². The zero-order valence-corrected chi connectivity index (χ0v) is 15.0. The van der Waals surface area contributed by atoms with Gasteiger partial charge >= 0.3 is 0 Å². The van der Waals surface area contributed by atoms with Crippen molar-refractivity contribution in [2.45, 2.75) is 31.7 Å². The lowest BCUT2D eigenvalue weighted by Crippen LogP contribution is -2.36. The van der Waals surface area contributed by atoms with E-state index >= 15 is 0 Å². The number of pyridine rings is 1. The van der Waals surface area contributed by atoms with E-state index < -0.39 is 11.7 Å². The number of carbonyl (C=O) groups is 1. The van der Waals surface area contributed by atoms with Crippen LogP contribution in [0.2, 0.25) is 5.02 Å². The fourth-order valence-electron chi connectivity index (χ4n) is 3.36. The molecule has 0 N–H and O–H groups in total. The van der Waals surface area contributed by atoms with E-state index in [1.165, 1.54) is 12.3 Å². The molecule has 4 rings (SSSR count). The quantitative estimate of drug-likeness (QED) is 0.667. The average Bonchev–Trinajstić information content (AvgIpc) is 3.29. The lowest BCUT2D eigenvalue weighted by Gasteiger charge is -2.24. The van der Waals surface area contributed by atoms with Gasteiger partial charge in [-0.05, 0) is 31.0 Å². The van der Waals surface area contributed by atoms with Gasteiger partial charge in [0.2, 0.25) is 5.89 Å². The van der Waals surface area contributed by atoms with E-state index in [4.69, 9.17) is 16.0 Å². The number of amides is 1. The minimum absolute atomic E-state index is 0.158. The summed E-state index contributed by atoms with van der Waals surface area (Å²) in [4.78, 5) is 22.5. The van der Waals surface area contributed by atoms with Crippen LogP contribution in [0, 0.1) is 5.82 Å². The predicted octanol–water partition coefficient (Wildman–Crippen LogP) is 4.70. The van der Waals surface area contributed by atoms with Crippen LogP contribution in [0.3, 0.4) is 0 Å². The van der Waals surface area contributed by atoms with Gasteiger partial charge in [-0.3, -0.25) is 4.79 Å². The van der Waals surface area contributed by atoms with E-state index in [9.17, 15) is 9.18 Å². The predicted molar refractivity (Wildman–Crippen MR) is 96.6 cm³/mol. The molecular weight excluding hydrogens is 357 g/mol. The summed E-state index contributed by atoms with van der Waals surface area (Å²) < 4.78 is 20.2. The van der Waals surface area contributed by atoms with Gasteiger partial charge in [0.1, 0.15) is 5.52 Å². The number of nitrogens with zero attached hydrogens (tertiary/aromatic N) is 3. The molecule has 1 saturated carbocycles. The molecule has 1 aromatic carbocycles. The monoisotopic (exact) mass is 373 g/mol. The second-order valence-corrected chi connectivity index (χ2v) is 6.98. The van der Waals surface area contributed by atoms with E-state index in [-0.39, 0.29) is 17.6 Å². The van der Waals surface area contributed by atoms with Gasteiger partial charge in [0.15, 0.2) is 17.1 Å². The Labute approximate surface area is 154 Å². The van der Waals surface area contributed by atoms with Gasteiger partial charge in [-0.1, -0.05) is 24.4 Å². The van der Waals surface area contributed by atoms with Crippen LogP contribution in [0.15, 0.2) is 34.9 Å². The minimum atomic E-state index is -0.683. The van der Waals surface area contributed by atoms with E-state index in [1.54, 1.807) is 30.1 Å². The van der Waals surface area contributed by atoms with Crippen LogP contribution < -0.4 is 0 Å². The molecule has 5 nitrogen and oxygen atoms in total. The van der Waals surface area contributed by atoms with Crippen LogP contribution in [-0.2, 0) is 0 Å². The third kappa shape index (κ3) is 3.05. The zero-order valence-electron chi connectivity index (χ0n) is 14.2. The van der Waals surface area contributed by atoms with E-state index in [1.807, 2.05) is 0 Å². The Balaban J connectivity index is 1.63. The summed E-state index contributed by atoms with van der Waals surface area (Å²) in [7, 11) is 1.71. The number of hydrogen-bond donors (Lipinski definition) is 0. The molecule has 134 valence electrons. The maximum absolute atomic E-state index is 14.6. The maximum Gasteiger partial charge on any atom is 0.275 e. The van der Waals surface area contributed by atoms with Crippen LogP contribution in [0.1, 0.15) is 36.2 Å². The van der Waals surface area contributed by atoms with Crippen LogP contribution in [0.25, 0.3) is 22.6 Å². The highest BCUT2D eigenvalue weighted by Gasteiger charge is 2.27. The van der Waals surface area contributed by atoms with Gasteiger partial charge in [0.25, 0.3) is 5.91 Å². The zero-order chi connectivity index (χ0) is 18.3. The Morgan fingerprint density at radius 1 is 1.31 bits per heavy atom. The Bertz CT molecular complexity index is 982. The number of rotatable bonds is 3. The summed E-state index contributed by atoms with van der Waals surface area (Å²) in [6.07, 6.45) is 5.50. The number of hydrogen-bond acceptors (Lipinski definition) is 4. The van der Waals surface area contributed by atoms with Crippen molar-refractivity contribution in [2.24, 2.45) is 0 Å². The number of fused-ring (bicyclic) bond motifs is 1. The summed E-state index contributed by atoms with van der Waals surface area (Å²) in [6, 6.07) is 6.46. The van der Waals surface area contributed by atoms with E-state index in [0.29, 0.717) is 21.7 Å². The van der Waals surface area contributed by atoms with Crippen LogP contribution in [0.5, 0.6) is 0 Å². The molecule has 0 spiro atoms. The van der Waals surface area contributed by atoms with Gasteiger partial charge in [0.05, 0.1) is 5.56 Å². The largest absolute Gasteiger partial charge is 0.436 e. The van der Waals surface area contributed by atoms with Crippen LogP contribution in [-0.4, -0.2) is 33.9 Å². The van der Waals surface area contributed by atoms with Crippen molar-refractivity contribution in [3.8, 4) is 11.5 Å². The number of carbonyl (C=O) groups excluding carboxylic acids is 1. The molecule has 1 fully saturated rings. The molecule has 0 atom stereocenters. The fraction of sp³-hybridized carbons (Fsp3) is 0.316. The molecule has 0 aliphatic heterocycles. The highest BCUT2D eigenvalue weighted by atomic mass is 35.5. The topological polar surface area (TPSA) is 59.2 Å². The number of oxazole rings is 1. The lowest BCUT2D eigenvalue weighted by atomic mass is 10.2. The molecular formula is C19H17ClFN3O2. The summed E-state index contributed by atoms with van der Waals surface area (Å²) in [5, 5.41) is 0.528. The number of halogens is 2. The maximum atomic E-state index is 14.6. The molecule has 7 heteroatoms. The highest BCUT2D eigenvalue weighted by Crippen LogP contribution is 2.28. The van der Waals surface area contributed by atoms with Crippen molar-refractivity contribution in [1.29, 1.82) is 0 Å². The Morgan fingerprint density at radius 3 is 2.81 bits per heavy atom. The van der Waals surface area contributed by atoms with Crippen molar-refractivity contribution < 1.29 is 13.6 Å². The molecule has 3 aromatic rings. The van der Waals surface area contributed by atoms with Crippen LogP contribution in [0.4, 0.5) is 4.39 Å². The second kappa shape index (κ2) is 6.68. The molecule has 0 radical (unpaired) electrons. The number of benzene rings is 1. The average molecular weight is 374 g/mol. The molecule has 0 saturated heterocycles. The second-order valence-electron chi connectivity index (χ2n) is 6.54. The third-order valence-corrected chi connectivity index (χ3v) is 5.07. The molecule has 0 bridgehead atoms. The first kappa shape index (κ1) is 17.0. The van der Waals surface area contributed by atoms with Crippen molar-refractivity contribution >= 4 is 28.6 Å². The fourth-order valence-corrected chi connectivity index (χ4v) is 3.52. The first-order valence-corrected chi connectivity index (χ1v) is 8.90. The Morgan fingerprint density at radius 2 is 2.08 bits per heavy atom. The van der Waals surface area contributed by atoms with E-state index in [2.05, 4.69) is 9.97 Å². The van der Waals surface area contributed by atoms with E-state index in [0.717, 1.165) is 25.7 Å². The van der Waals surface area contributed by atoms with Crippen molar-refractivity contribution in [1.82, 2.24) is 14.9 Å². The standard InChI is InChI=1S/C19H17ClFN3O2/c1-24(13-4-2-3-5-13)19(25)17-14(21)8-11(10-22-17)18-23-15-7-6-12(20)9-16(15)26-18/h6-10,13H,2-5H2,1H3. The van der Waals surface area contributed by atoms with Crippen molar-refractivity contribution in [3.63, 3.8) is 0 Å². The molecule has 26 heavy (non-hydrogen) atoms. The Hall–Kier alpha value is -2.47. The summed E-state index contributed by atoms with van der Waals surface area (Å²) in [6.45, 7) is 0.